The van der Waals surface area contributed by atoms with E-state index in [1.54, 1.807) is 6.92 Å². The second kappa shape index (κ2) is 8.74. The summed E-state index contributed by atoms with van der Waals surface area (Å²) in [6.07, 6.45) is 0.544. The van der Waals surface area contributed by atoms with Gasteiger partial charge in [-0.1, -0.05) is 54.1 Å². The molecule has 2 rings (SSSR count). The van der Waals surface area contributed by atoms with Gasteiger partial charge in [0.05, 0.1) is 6.61 Å². The van der Waals surface area contributed by atoms with Crippen LogP contribution in [0.5, 0.6) is 0 Å². The summed E-state index contributed by atoms with van der Waals surface area (Å²) in [5.41, 5.74) is 2.82. The minimum Gasteiger partial charge on any atom is -0.465 e. The molecule has 0 amide bonds. The Balaban J connectivity index is 2.10. The molecule has 0 spiro atoms. The van der Waals surface area contributed by atoms with Gasteiger partial charge in [-0.3, -0.25) is 4.79 Å². The van der Waals surface area contributed by atoms with Crippen molar-refractivity contribution in [3.8, 4) is 11.1 Å². The number of carbonyl (C=O) groups excluding carboxylic acids is 1. The Hall–Kier alpha value is -1.50. The van der Waals surface area contributed by atoms with Crippen LogP contribution in [0.15, 0.2) is 48.5 Å². The molecule has 0 fully saturated rings. The van der Waals surface area contributed by atoms with Crippen molar-refractivity contribution in [3.63, 3.8) is 0 Å². The Bertz CT molecular complexity index is 832. The smallest absolute Gasteiger partial charge is 0.325 e. The van der Waals surface area contributed by atoms with Gasteiger partial charge in [0.15, 0.2) is 5.25 Å². The number of rotatable bonds is 7. The third kappa shape index (κ3) is 5.49. The molecule has 0 N–H and O–H groups in total. The van der Waals surface area contributed by atoms with Gasteiger partial charge in [0, 0.05) is 10.6 Å². The molecular weight excluding hydrogens is 380 g/mol. The molecule has 25 heavy (non-hydrogen) atoms. The molecule has 2 aromatic rings. The first-order valence-electron chi connectivity index (χ1n) is 7.79. The van der Waals surface area contributed by atoms with Crippen molar-refractivity contribution in [2.24, 2.45) is 0 Å². The van der Waals surface area contributed by atoms with Crippen molar-refractivity contribution in [2.45, 2.75) is 25.0 Å². The average molecular weight is 399 g/mol. The summed E-state index contributed by atoms with van der Waals surface area (Å²) in [5.74, 6) is -0.759. The number of ether oxygens (including phenoxy) is 1. The molecule has 0 saturated carbocycles. The summed E-state index contributed by atoms with van der Waals surface area (Å²) in [7, 11) is -3.81. The van der Waals surface area contributed by atoms with Gasteiger partial charge in [-0.05, 0) is 48.6 Å². The van der Waals surface area contributed by atoms with Gasteiger partial charge < -0.3 is 4.74 Å². The summed E-state index contributed by atoms with van der Waals surface area (Å²) in [6.45, 7) is 1.76. The monoisotopic (exact) mass is 398 g/mol. The first-order chi connectivity index (χ1) is 11.8. The fourth-order valence-electron chi connectivity index (χ4n) is 2.47. The van der Waals surface area contributed by atoms with E-state index in [4.69, 9.17) is 16.3 Å². The third-order valence-corrected chi connectivity index (χ3v) is 5.98. The minimum atomic E-state index is -3.81. The van der Waals surface area contributed by atoms with Crippen LogP contribution in [0.3, 0.4) is 0 Å². The zero-order chi connectivity index (χ0) is 18.4. The quantitative estimate of drug-likeness (QED) is 0.432. The number of hydrogen-bond acceptors (Lipinski definition) is 4. The average Bonchev–Trinajstić information content (AvgIpc) is 2.55. The molecular formula is C18H19ClO4S2. The fraction of sp³-hybridized carbons (Fsp3) is 0.278. The lowest BCUT2D eigenvalue weighted by molar-refractivity contribution is -0.142. The second-order valence-corrected chi connectivity index (χ2v) is 9.00. The molecule has 0 saturated heterocycles. The van der Waals surface area contributed by atoms with Gasteiger partial charge >= 0.3 is 5.97 Å². The van der Waals surface area contributed by atoms with E-state index in [1.165, 1.54) is 0 Å². The van der Waals surface area contributed by atoms with E-state index in [9.17, 15) is 13.2 Å². The molecule has 1 unspecified atom stereocenters. The minimum absolute atomic E-state index is 0.121. The van der Waals surface area contributed by atoms with Crippen LogP contribution in [-0.2, 0) is 24.8 Å². The molecule has 0 heterocycles. The lowest BCUT2D eigenvalue weighted by atomic mass is 10.0. The maximum atomic E-state index is 11.8. The lowest BCUT2D eigenvalue weighted by Gasteiger charge is -2.13. The maximum Gasteiger partial charge on any atom is 0.325 e. The van der Waals surface area contributed by atoms with Gasteiger partial charge in [-0.25, -0.2) is 8.42 Å². The molecule has 4 nitrogen and oxygen atoms in total. The topological polar surface area (TPSA) is 60.4 Å². The van der Waals surface area contributed by atoms with E-state index in [-0.39, 0.29) is 13.0 Å². The Morgan fingerprint density at radius 2 is 1.80 bits per heavy atom. The van der Waals surface area contributed by atoms with Crippen LogP contribution >= 0.6 is 23.3 Å². The van der Waals surface area contributed by atoms with Gasteiger partial charge in [0.25, 0.3) is 0 Å². The summed E-state index contributed by atoms with van der Waals surface area (Å²) in [4.78, 5) is 11.8. The number of halogens is 1. The Morgan fingerprint density at radius 3 is 2.36 bits per heavy atom. The number of benzene rings is 2. The normalized spacial score (nSPS) is 12.6. The molecule has 1 atom stereocenters. The van der Waals surface area contributed by atoms with Crippen molar-refractivity contribution >= 4 is 38.1 Å². The Kier molecular flexibility index (Phi) is 6.93. The molecule has 2 aromatic carbocycles. The van der Waals surface area contributed by atoms with Gasteiger partial charge in [-0.2, -0.15) is 0 Å². The first kappa shape index (κ1) is 19.8. The van der Waals surface area contributed by atoms with Crippen LogP contribution in [-0.4, -0.2) is 26.2 Å². The Morgan fingerprint density at radius 1 is 1.16 bits per heavy atom. The van der Waals surface area contributed by atoms with E-state index in [0.29, 0.717) is 11.4 Å². The molecule has 0 aliphatic carbocycles. The highest BCUT2D eigenvalue weighted by molar-refractivity contribution is 8.64. The van der Waals surface area contributed by atoms with Gasteiger partial charge in [0.2, 0.25) is 8.87 Å². The summed E-state index contributed by atoms with van der Waals surface area (Å²) >= 11 is 9.75. The summed E-state index contributed by atoms with van der Waals surface area (Å²) < 4.78 is 28.2. The van der Waals surface area contributed by atoms with E-state index in [0.717, 1.165) is 16.7 Å². The standard InChI is InChI=1S/C18H19ClO4S2/c1-2-23-18(20)17(25(21,22)24)12-9-13-7-10-14(11-8-13)15-5-3-4-6-16(15)19/h3-8,10-11,17H,2,9,12H2,1H3,(H,21,22,24). The van der Waals surface area contributed by atoms with Crippen LogP contribution in [0.4, 0.5) is 0 Å². The van der Waals surface area contributed by atoms with Crippen LogP contribution in [0, 0.1) is 0 Å². The van der Waals surface area contributed by atoms with E-state index < -0.39 is 20.1 Å². The van der Waals surface area contributed by atoms with E-state index in [2.05, 4.69) is 11.7 Å². The van der Waals surface area contributed by atoms with Crippen LogP contribution in [0.2, 0.25) is 5.02 Å². The molecule has 0 bridgehead atoms. The molecule has 134 valence electrons. The van der Waals surface area contributed by atoms with E-state index in [1.807, 2.05) is 48.5 Å². The van der Waals surface area contributed by atoms with Crippen LogP contribution in [0.1, 0.15) is 18.9 Å². The molecule has 0 radical (unpaired) electrons. The van der Waals surface area contributed by atoms with Crippen LogP contribution in [0.25, 0.3) is 11.1 Å². The molecule has 0 aliphatic heterocycles. The SMILES string of the molecule is CCOC(=O)C(CCc1ccc(-c2ccccc2Cl)cc1)S(=O)(=O)S. The lowest BCUT2D eigenvalue weighted by Crippen LogP contribution is -2.29. The summed E-state index contributed by atoms with van der Waals surface area (Å²) in [6, 6.07) is 15.2. The first-order valence-corrected chi connectivity index (χ1v) is 10.8. The number of thiol groups is 1. The van der Waals surface area contributed by atoms with Crippen molar-refractivity contribution in [2.75, 3.05) is 6.61 Å². The van der Waals surface area contributed by atoms with Crippen LogP contribution < -0.4 is 0 Å². The molecule has 0 aliphatic rings. The number of hydrogen-bond donors (Lipinski definition) is 1. The summed E-state index contributed by atoms with van der Waals surface area (Å²) in [5, 5.41) is -0.599. The van der Waals surface area contributed by atoms with Gasteiger partial charge in [-0.15, -0.1) is 0 Å². The third-order valence-electron chi connectivity index (χ3n) is 3.74. The second-order valence-electron chi connectivity index (χ2n) is 5.47. The number of esters is 1. The highest BCUT2D eigenvalue weighted by Crippen LogP contribution is 2.28. The largest absolute Gasteiger partial charge is 0.465 e. The zero-order valence-corrected chi connectivity index (χ0v) is 16.2. The predicted octanol–water partition coefficient (Wildman–Crippen LogP) is 4.13. The fourth-order valence-corrected chi connectivity index (χ4v) is 4.01. The number of carbonyl (C=O) groups is 1. The van der Waals surface area contributed by atoms with Crippen molar-refractivity contribution in [1.82, 2.24) is 0 Å². The van der Waals surface area contributed by atoms with Gasteiger partial charge in [0.1, 0.15) is 0 Å². The highest BCUT2D eigenvalue weighted by atomic mass is 35.5. The highest BCUT2D eigenvalue weighted by Gasteiger charge is 2.30. The zero-order valence-electron chi connectivity index (χ0n) is 13.7. The number of aryl methyl sites for hydroxylation is 1. The van der Waals surface area contributed by atoms with E-state index >= 15 is 0 Å². The van der Waals surface area contributed by atoms with Crippen molar-refractivity contribution in [3.05, 3.63) is 59.1 Å². The molecule has 0 aromatic heterocycles. The molecule has 7 heteroatoms. The van der Waals surface area contributed by atoms with Crippen molar-refractivity contribution < 1.29 is 17.9 Å². The predicted molar refractivity (Wildman–Crippen MR) is 104 cm³/mol. The maximum absolute atomic E-state index is 11.8. The van der Waals surface area contributed by atoms with Crippen molar-refractivity contribution in [1.29, 1.82) is 0 Å². The Labute approximate surface area is 157 Å².